The first-order valence-electron chi connectivity index (χ1n) is 5.04. The van der Waals surface area contributed by atoms with Crippen molar-refractivity contribution in [2.24, 2.45) is 0 Å². The molecule has 0 fully saturated rings. The lowest BCUT2D eigenvalue weighted by Crippen LogP contribution is -1.91. The number of fused-ring (bicyclic) bond motifs is 2. The van der Waals surface area contributed by atoms with Gasteiger partial charge in [0.15, 0.2) is 5.65 Å². The molecule has 5 heteroatoms. The zero-order valence-corrected chi connectivity index (χ0v) is 9.77. The summed E-state index contributed by atoms with van der Waals surface area (Å²) in [5.74, 6) is 0.721. The molecule has 3 rings (SSSR count). The van der Waals surface area contributed by atoms with Gasteiger partial charge in [-0.1, -0.05) is 12.1 Å². The Morgan fingerprint density at radius 3 is 2.88 bits per heavy atom. The van der Waals surface area contributed by atoms with E-state index in [1.165, 1.54) is 0 Å². The number of benzene rings is 1. The van der Waals surface area contributed by atoms with Gasteiger partial charge >= 0.3 is 0 Å². The SMILES string of the molecule is COc1cccc2cc3cnc(Cl)nc3nc12. The van der Waals surface area contributed by atoms with E-state index in [2.05, 4.69) is 15.0 Å². The van der Waals surface area contributed by atoms with Gasteiger partial charge in [0, 0.05) is 17.0 Å². The minimum absolute atomic E-state index is 0.194. The third kappa shape index (κ3) is 1.66. The number of ether oxygens (including phenoxy) is 1. The van der Waals surface area contributed by atoms with E-state index in [0.29, 0.717) is 5.65 Å². The molecular weight excluding hydrogens is 238 g/mol. The highest BCUT2D eigenvalue weighted by Crippen LogP contribution is 2.26. The Labute approximate surface area is 102 Å². The molecule has 0 aliphatic rings. The number of pyridine rings is 1. The molecule has 0 radical (unpaired) electrons. The van der Waals surface area contributed by atoms with Crippen LogP contribution in [0.25, 0.3) is 21.9 Å². The molecule has 0 aliphatic carbocycles. The quantitative estimate of drug-likeness (QED) is 0.489. The molecule has 0 N–H and O–H groups in total. The van der Waals surface area contributed by atoms with Gasteiger partial charge in [0.1, 0.15) is 11.3 Å². The highest BCUT2D eigenvalue weighted by molar-refractivity contribution is 6.28. The summed E-state index contributed by atoms with van der Waals surface area (Å²) < 4.78 is 5.27. The van der Waals surface area contributed by atoms with Crippen molar-refractivity contribution < 1.29 is 4.74 Å². The van der Waals surface area contributed by atoms with Crippen LogP contribution in [-0.2, 0) is 0 Å². The first-order valence-corrected chi connectivity index (χ1v) is 5.42. The third-order valence-electron chi connectivity index (χ3n) is 2.55. The van der Waals surface area contributed by atoms with Gasteiger partial charge in [-0.2, -0.15) is 4.98 Å². The number of nitrogens with zero attached hydrogens (tertiary/aromatic N) is 3. The van der Waals surface area contributed by atoms with Crippen LogP contribution in [0.2, 0.25) is 5.28 Å². The van der Waals surface area contributed by atoms with Crippen LogP contribution in [0.15, 0.2) is 30.5 Å². The standard InChI is InChI=1S/C12H8ClN3O/c1-17-9-4-2-3-7-5-8-6-14-12(13)16-11(8)15-10(7)9/h2-6H,1H3. The molecule has 0 amide bonds. The van der Waals surface area contributed by atoms with Crippen molar-refractivity contribution in [2.75, 3.05) is 7.11 Å². The Balaban J connectivity index is 2.44. The minimum Gasteiger partial charge on any atom is -0.494 e. The number of hydrogen-bond donors (Lipinski definition) is 0. The summed E-state index contributed by atoms with van der Waals surface area (Å²) in [6, 6.07) is 7.73. The van der Waals surface area contributed by atoms with E-state index in [9.17, 15) is 0 Å². The van der Waals surface area contributed by atoms with Gasteiger partial charge < -0.3 is 4.74 Å². The van der Waals surface area contributed by atoms with Crippen molar-refractivity contribution in [2.45, 2.75) is 0 Å². The lowest BCUT2D eigenvalue weighted by atomic mass is 10.2. The van der Waals surface area contributed by atoms with Gasteiger partial charge in [-0.25, -0.2) is 9.97 Å². The molecule has 3 aromatic rings. The number of para-hydroxylation sites is 1. The summed E-state index contributed by atoms with van der Waals surface area (Å²) in [5, 5.41) is 2.04. The van der Waals surface area contributed by atoms with Crippen molar-refractivity contribution in [3.63, 3.8) is 0 Å². The van der Waals surface area contributed by atoms with Crippen LogP contribution in [0.4, 0.5) is 0 Å². The Hall–Kier alpha value is -1.94. The molecule has 4 nitrogen and oxygen atoms in total. The topological polar surface area (TPSA) is 47.9 Å². The van der Waals surface area contributed by atoms with E-state index < -0.39 is 0 Å². The largest absolute Gasteiger partial charge is 0.494 e. The van der Waals surface area contributed by atoms with E-state index >= 15 is 0 Å². The Morgan fingerprint density at radius 1 is 1.18 bits per heavy atom. The highest BCUT2D eigenvalue weighted by Gasteiger charge is 2.06. The summed E-state index contributed by atoms with van der Waals surface area (Å²) in [4.78, 5) is 12.5. The molecule has 0 bridgehead atoms. The fourth-order valence-corrected chi connectivity index (χ4v) is 1.90. The third-order valence-corrected chi connectivity index (χ3v) is 2.73. The molecule has 17 heavy (non-hydrogen) atoms. The predicted octanol–water partition coefficient (Wildman–Crippen LogP) is 2.84. The fourth-order valence-electron chi connectivity index (χ4n) is 1.77. The Kier molecular flexibility index (Phi) is 2.30. The average molecular weight is 246 g/mol. The second kappa shape index (κ2) is 3.82. The summed E-state index contributed by atoms with van der Waals surface area (Å²) in [6.07, 6.45) is 1.66. The molecule has 2 aromatic heterocycles. The van der Waals surface area contributed by atoms with Crippen LogP contribution < -0.4 is 4.74 Å². The van der Waals surface area contributed by atoms with Crippen molar-refractivity contribution in [1.82, 2.24) is 15.0 Å². The second-order valence-electron chi connectivity index (χ2n) is 3.57. The molecule has 0 saturated heterocycles. The molecule has 0 aliphatic heterocycles. The summed E-state index contributed by atoms with van der Waals surface area (Å²) in [7, 11) is 1.62. The van der Waals surface area contributed by atoms with Gasteiger partial charge in [0.05, 0.1) is 7.11 Å². The lowest BCUT2D eigenvalue weighted by Gasteiger charge is -2.05. The predicted molar refractivity (Wildman–Crippen MR) is 66.4 cm³/mol. The molecular formula is C12H8ClN3O. The van der Waals surface area contributed by atoms with Crippen molar-refractivity contribution in [3.8, 4) is 5.75 Å². The van der Waals surface area contributed by atoms with Gasteiger partial charge in [-0.05, 0) is 23.7 Å². The maximum Gasteiger partial charge on any atom is 0.224 e. The molecule has 0 unspecified atom stereocenters. The molecule has 0 saturated carbocycles. The normalized spacial score (nSPS) is 10.9. The van der Waals surface area contributed by atoms with Gasteiger partial charge in [-0.3, -0.25) is 0 Å². The van der Waals surface area contributed by atoms with Gasteiger partial charge in [0.25, 0.3) is 0 Å². The molecule has 0 atom stereocenters. The van der Waals surface area contributed by atoms with E-state index in [0.717, 1.165) is 22.0 Å². The Bertz CT molecular complexity index is 715. The monoisotopic (exact) mass is 245 g/mol. The van der Waals surface area contributed by atoms with Crippen LogP contribution in [0.3, 0.4) is 0 Å². The number of halogens is 1. The smallest absolute Gasteiger partial charge is 0.224 e. The van der Waals surface area contributed by atoms with Crippen LogP contribution in [0, 0.1) is 0 Å². The van der Waals surface area contributed by atoms with Gasteiger partial charge in [-0.15, -0.1) is 0 Å². The van der Waals surface area contributed by atoms with Crippen molar-refractivity contribution in [3.05, 3.63) is 35.7 Å². The fraction of sp³-hybridized carbons (Fsp3) is 0.0833. The van der Waals surface area contributed by atoms with Crippen LogP contribution in [0.1, 0.15) is 0 Å². The molecule has 0 spiro atoms. The maximum atomic E-state index is 5.75. The van der Waals surface area contributed by atoms with E-state index in [1.54, 1.807) is 13.3 Å². The van der Waals surface area contributed by atoms with E-state index in [4.69, 9.17) is 16.3 Å². The summed E-state index contributed by atoms with van der Waals surface area (Å²) in [5.41, 5.74) is 1.35. The van der Waals surface area contributed by atoms with E-state index in [1.807, 2.05) is 24.3 Å². The molecule has 2 heterocycles. The van der Waals surface area contributed by atoms with Crippen LogP contribution in [0.5, 0.6) is 5.75 Å². The number of aromatic nitrogens is 3. The molecule has 1 aromatic carbocycles. The zero-order valence-electron chi connectivity index (χ0n) is 9.01. The van der Waals surface area contributed by atoms with Crippen molar-refractivity contribution >= 4 is 33.5 Å². The number of methoxy groups -OCH3 is 1. The first-order chi connectivity index (χ1) is 8.28. The summed E-state index contributed by atoms with van der Waals surface area (Å²) >= 11 is 5.75. The molecule has 84 valence electrons. The van der Waals surface area contributed by atoms with Crippen molar-refractivity contribution in [1.29, 1.82) is 0 Å². The maximum absolute atomic E-state index is 5.75. The average Bonchev–Trinajstić information content (AvgIpc) is 2.35. The Morgan fingerprint density at radius 2 is 2.06 bits per heavy atom. The lowest BCUT2D eigenvalue weighted by molar-refractivity contribution is 0.419. The first kappa shape index (κ1) is 10.2. The summed E-state index contributed by atoms with van der Waals surface area (Å²) in [6.45, 7) is 0. The number of hydrogen-bond acceptors (Lipinski definition) is 4. The minimum atomic E-state index is 0.194. The van der Waals surface area contributed by atoms with Crippen LogP contribution in [-0.4, -0.2) is 22.1 Å². The highest BCUT2D eigenvalue weighted by atomic mass is 35.5. The van der Waals surface area contributed by atoms with E-state index in [-0.39, 0.29) is 5.28 Å². The number of rotatable bonds is 1. The second-order valence-corrected chi connectivity index (χ2v) is 3.91. The van der Waals surface area contributed by atoms with Gasteiger partial charge in [0.2, 0.25) is 5.28 Å². The zero-order chi connectivity index (χ0) is 11.8. The van der Waals surface area contributed by atoms with Crippen LogP contribution >= 0.6 is 11.6 Å².